The molecule has 4 heteroatoms. The van der Waals surface area contributed by atoms with Crippen LogP contribution in [0.4, 0.5) is 0 Å². The van der Waals surface area contributed by atoms with Crippen LogP contribution in [0.3, 0.4) is 0 Å². The fraction of sp³-hybridized carbons (Fsp3) is 0.350. The van der Waals surface area contributed by atoms with Crippen molar-refractivity contribution in [3.63, 3.8) is 0 Å². The molecule has 1 aliphatic rings. The minimum Gasteiger partial charge on any atom is -0.490 e. The molecule has 0 aromatic heterocycles. The number of nitrogens with one attached hydrogen (secondary N) is 1. The molecule has 0 fully saturated rings. The standard InChI is InChI=1S/C20H23NO3/c1-13-9-14(2)17(15(3)10-13)12-21-20(22)16-5-6-18-19(11-16)24-8-4-7-23-18/h5-6,9-11H,4,7-8,12H2,1-3H3,(H,21,22). The monoisotopic (exact) mass is 325 g/mol. The Kier molecular flexibility index (Phi) is 4.74. The highest BCUT2D eigenvalue weighted by Gasteiger charge is 2.14. The summed E-state index contributed by atoms with van der Waals surface area (Å²) in [4.78, 5) is 12.5. The Morgan fingerprint density at radius 3 is 2.38 bits per heavy atom. The molecular weight excluding hydrogens is 302 g/mol. The molecule has 0 atom stereocenters. The lowest BCUT2D eigenvalue weighted by Gasteiger charge is -2.13. The van der Waals surface area contributed by atoms with E-state index in [1.165, 1.54) is 22.3 Å². The number of carbonyl (C=O) groups excluding carboxylic acids is 1. The Hall–Kier alpha value is -2.49. The van der Waals surface area contributed by atoms with E-state index < -0.39 is 0 Å². The van der Waals surface area contributed by atoms with E-state index in [1.54, 1.807) is 18.2 Å². The average molecular weight is 325 g/mol. The number of hydrogen-bond donors (Lipinski definition) is 1. The quantitative estimate of drug-likeness (QED) is 0.936. The molecule has 24 heavy (non-hydrogen) atoms. The fourth-order valence-electron chi connectivity index (χ4n) is 3.06. The molecule has 0 saturated heterocycles. The predicted molar refractivity (Wildman–Crippen MR) is 93.9 cm³/mol. The maximum Gasteiger partial charge on any atom is 0.251 e. The Morgan fingerprint density at radius 1 is 1.00 bits per heavy atom. The molecule has 0 radical (unpaired) electrons. The van der Waals surface area contributed by atoms with Crippen molar-refractivity contribution in [2.45, 2.75) is 33.7 Å². The third-order valence-electron chi connectivity index (χ3n) is 4.28. The van der Waals surface area contributed by atoms with Crippen LogP contribution < -0.4 is 14.8 Å². The molecule has 4 nitrogen and oxygen atoms in total. The van der Waals surface area contributed by atoms with Gasteiger partial charge in [-0.1, -0.05) is 17.7 Å². The molecule has 1 amide bonds. The lowest BCUT2D eigenvalue weighted by atomic mass is 10.00. The number of amides is 1. The molecule has 1 N–H and O–H groups in total. The van der Waals surface area contributed by atoms with Crippen LogP contribution >= 0.6 is 0 Å². The molecule has 0 unspecified atom stereocenters. The van der Waals surface area contributed by atoms with Gasteiger partial charge in [0.15, 0.2) is 11.5 Å². The predicted octanol–water partition coefficient (Wildman–Crippen LogP) is 3.70. The molecular formula is C20H23NO3. The maximum absolute atomic E-state index is 12.5. The average Bonchev–Trinajstić information content (AvgIpc) is 2.78. The van der Waals surface area contributed by atoms with Gasteiger partial charge in [-0.3, -0.25) is 4.79 Å². The van der Waals surface area contributed by atoms with Gasteiger partial charge in [-0.2, -0.15) is 0 Å². The Labute approximate surface area is 142 Å². The molecule has 2 aromatic carbocycles. The van der Waals surface area contributed by atoms with Gasteiger partial charge in [0.2, 0.25) is 0 Å². The number of benzene rings is 2. The summed E-state index contributed by atoms with van der Waals surface area (Å²) in [5.74, 6) is 1.24. The molecule has 0 saturated carbocycles. The molecule has 3 rings (SSSR count). The summed E-state index contributed by atoms with van der Waals surface area (Å²) in [6, 6.07) is 9.62. The smallest absolute Gasteiger partial charge is 0.251 e. The van der Waals surface area contributed by atoms with Crippen molar-refractivity contribution in [3.8, 4) is 11.5 Å². The zero-order valence-electron chi connectivity index (χ0n) is 14.4. The van der Waals surface area contributed by atoms with Crippen molar-refractivity contribution in [2.24, 2.45) is 0 Å². The SMILES string of the molecule is Cc1cc(C)c(CNC(=O)c2ccc3c(c2)OCCCO3)c(C)c1. The number of rotatable bonds is 3. The second-order valence-corrected chi connectivity index (χ2v) is 6.27. The van der Waals surface area contributed by atoms with Crippen LogP contribution in [-0.2, 0) is 6.54 Å². The Bertz CT molecular complexity index is 744. The lowest BCUT2D eigenvalue weighted by molar-refractivity contribution is 0.0950. The summed E-state index contributed by atoms with van der Waals surface area (Å²) in [6.07, 6.45) is 0.849. The van der Waals surface area contributed by atoms with Crippen LogP contribution in [0.25, 0.3) is 0 Å². The molecule has 0 aliphatic carbocycles. The summed E-state index contributed by atoms with van der Waals surface area (Å²) in [7, 11) is 0. The second kappa shape index (κ2) is 6.95. The molecule has 1 aliphatic heterocycles. The number of fused-ring (bicyclic) bond motifs is 1. The van der Waals surface area contributed by atoms with Gasteiger partial charge in [-0.15, -0.1) is 0 Å². The minimum atomic E-state index is -0.106. The van der Waals surface area contributed by atoms with Crippen molar-refractivity contribution in [1.82, 2.24) is 5.32 Å². The summed E-state index contributed by atoms with van der Waals surface area (Å²) in [5, 5.41) is 3.00. The number of hydrogen-bond acceptors (Lipinski definition) is 3. The molecule has 126 valence electrons. The van der Waals surface area contributed by atoms with Crippen LogP contribution in [0.15, 0.2) is 30.3 Å². The van der Waals surface area contributed by atoms with Gasteiger partial charge in [0.1, 0.15) is 0 Å². The van der Waals surface area contributed by atoms with Crippen LogP contribution in [0.1, 0.15) is 39.0 Å². The van der Waals surface area contributed by atoms with E-state index in [1.807, 2.05) is 0 Å². The van der Waals surface area contributed by atoms with E-state index in [0.717, 1.165) is 6.42 Å². The minimum absolute atomic E-state index is 0.106. The van der Waals surface area contributed by atoms with Crippen molar-refractivity contribution < 1.29 is 14.3 Å². The molecule has 1 heterocycles. The van der Waals surface area contributed by atoms with E-state index in [9.17, 15) is 4.79 Å². The van der Waals surface area contributed by atoms with E-state index in [-0.39, 0.29) is 5.91 Å². The van der Waals surface area contributed by atoms with Crippen LogP contribution in [-0.4, -0.2) is 19.1 Å². The Morgan fingerprint density at radius 2 is 1.67 bits per heavy atom. The highest BCUT2D eigenvalue weighted by Crippen LogP contribution is 2.30. The molecule has 0 spiro atoms. The first kappa shape index (κ1) is 16.4. The van der Waals surface area contributed by atoms with Crippen molar-refractivity contribution >= 4 is 5.91 Å². The van der Waals surface area contributed by atoms with Gasteiger partial charge in [0, 0.05) is 18.5 Å². The van der Waals surface area contributed by atoms with Crippen LogP contribution in [0.5, 0.6) is 11.5 Å². The van der Waals surface area contributed by atoms with E-state index in [0.29, 0.717) is 36.8 Å². The zero-order valence-corrected chi connectivity index (χ0v) is 14.4. The third-order valence-corrected chi connectivity index (χ3v) is 4.28. The number of carbonyl (C=O) groups is 1. The summed E-state index contributed by atoms with van der Waals surface area (Å²) >= 11 is 0. The van der Waals surface area contributed by atoms with Gasteiger partial charge < -0.3 is 14.8 Å². The molecule has 0 bridgehead atoms. The zero-order chi connectivity index (χ0) is 17.1. The van der Waals surface area contributed by atoms with Crippen molar-refractivity contribution in [1.29, 1.82) is 0 Å². The lowest BCUT2D eigenvalue weighted by Crippen LogP contribution is -2.23. The van der Waals surface area contributed by atoms with Crippen LogP contribution in [0, 0.1) is 20.8 Å². The number of ether oxygens (including phenoxy) is 2. The first-order valence-corrected chi connectivity index (χ1v) is 8.29. The van der Waals surface area contributed by atoms with E-state index in [4.69, 9.17) is 9.47 Å². The van der Waals surface area contributed by atoms with E-state index in [2.05, 4.69) is 38.2 Å². The van der Waals surface area contributed by atoms with Crippen molar-refractivity contribution in [2.75, 3.05) is 13.2 Å². The Balaban J connectivity index is 1.73. The second-order valence-electron chi connectivity index (χ2n) is 6.27. The summed E-state index contributed by atoms with van der Waals surface area (Å²) < 4.78 is 11.2. The highest BCUT2D eigenvalue weighted by molar-refractivity contribution is 5.94. The third kappa shape index (κ3) is 3.53. The summed E-state index contributed by atoms with van der Waals surface area (Å²) in [6.45, 7) is 8.01. The first-order chi connectivity index (χ1) is 11.5. The molecule has 2 aromatic rings. The van der Waals surface area contributed by atoms with Gasteiger partial charge in [0.05, 0.1) is 13.2 Å². The van der Waals surface area contributed by atoms with Crippen LogP contribution in [0.2, 0.25) is 0 Å². The van der Waals surface area contributed by atoms with Crippen molar-refractivity contribution in [3.05, 3.63) is 58.1 Å². The highest BCUT2D eigenvalue weighted by atomic mass is 16.5. The first-order valence-electron chi connectivity index (χ1n) is 8.29. The van der Waals surface area contributed by atoms with Gasteiger partial charge in [0.25, 0.3) is 5.91 Å². The number of aryl methyl sites for hydroxylation is 3. The topological polar surface area (TPSA) is 47.6 Å². The van der Waals surface area contributed by atoms with Gasteiger partial charge >= 0.3 is 0 Å². The largest absolute Gasteiger partial charge is 0.490 e. The van der Waals surface area contributed by atoms with Gasteiger partial charge in [-0.05, 0) is 55.7 Å². The fourth-order valence-corrected chi connectivity index (χ4v) is 3.06. The van der Waals surface area contributed by atoms with E-state index >= 15 is 0 Å². The normalized spacial score (nSPS) is 13.3. The maximum atomic E-state index is 12.5. The van der Waals surface area contributed by atoms with Gasteiger partial charge in [-0.25, -0.2) is 0 Å². The summed E-state index contributed by atoms with van der Waals surface area (Å²) in [5.41, 5.74) is 5.39.